The second-order valence-electron chi connectivity index (χ2n) is 5.95. The number of hydrogen-bond donors (Lipinski definition) is 1. The minimum absolute atomic E-state index is 0.0773. The summed E-state index contributed by atoms with van der Waals surface area (Å²) in [5.74, 6) is -0.0348. The van der Waals surface area contributed by atoms with Gasteiger partial charge >= 0.3 is 0 Å². The van der Waals surface area contributed by atoms with Crippen LogP contribution < -0.4 is 5.32 Å². The van der Waals surface area contributed by atoms with Crippen LogP contribution in [0.4, 0.5) is 15.9 Å². The number of para-hydroxylation sites is 1. The standard InChI is InChI=1S/C18H21FN4O/c1-2-13-7-5-6-10-23(13)18(24)16-11-21-17(12-20-16)22-15-9-4-3-8-14(15)19/h3-4,8-9,11-13H,2,5-7,10H2,1H3,(H,21,22). The Morgan fingerprint density at radius 3 is 2.83 bits per heavy atom. The molecule has 1 unspecified atom stereocenters. The van der Waals surface area contributed by atoms with Gasteiger partial charge in [0.2, 0.25) is 0 Å². The van der Waals surface area contributed by atoms with Gasteiger partial charge in [-0.25, -0.2) is 14.4 Å². The van der Waals surface area contributed by atoms with Gasteiger partial charge in [0.15, 0.2) is 0 Å². The van der Waals surface area contributed by atoms with Crippen molar-refractivity contribution in [3.63, 3.8) is 0 Å². The minimum Gasteiger partial charge on any atom is -0.337 e. The van der Waals surface area contributed by atoms with Gasteiger partial charge in [-0.1, -0.05) is 19.1 Å². The molecule has 1 fully saturated rings. The molecular weight excluding hydrogens is 307 g/mol. The van der Waals surface area contributed by atoms with E-state index >= 15 is 0 Å². The predicted octanol–water partition coefficient (Wildman–Crippen LogP) is 3.76. The van der Waals surface area contributed by atoms with E-state index in [1.165, 1.54) is 24.9 Å². The van der Waals surface area contributed by atoms with Crippen molar-refractivity contribution >= 4 is 17.4 Å². The fourth-order valence-corrected chi connectivity index (χ4v) is 3.04. The molecule has 2 heterocycles. The van der Waals surface area contributed by atoms with E-state index in [1.54, 1.807) is 18.2 Å². The number of nitrogens with zero attached hydrogens (tertiary/aromatic N) is 3. The van der Waals surface area contributed by atoms with Gasteiger partial charge in [0.25, 0.3) is 5.91 Å². The topological polar surface area (TPSA) is 58.1 Å². The lowest BCUT2D eigenvalue weighted by atomic mass is 10.00. The number of benzene rings is 1. The van der Waals surface area contributed by atoms with Crippen molar-refractivity contribution in [2.45, 2.75) is 38.6 Å². The van der Waals surface area contributed by atoms with Gasteiger partial charge in [0, 0.05) is 12.6 Å². The lowest BCUT2D eigenvalue weighted by Gasteiger charge is -2.34. The summed E-state index contributed by atoms with van der Waals surface area (Å²) in [6.45, 7) is 2.87. The van der Waals surface area contributed by atoms with Crippen molar-refractivity contribution in [1.29, 1.82) is 0 Å². The summed E-state index contributed by atoms with van der Waals surface area (Å²) in [6, 6.07) is 6.63. The molecule has 1 aliphatic heterocycles. The molecular formula is C18H21FN4O. The monoisotopic (exact) mass is 328 g/mol. The first-order valence-corrected chi connectivity index (χ1v) is 8.33. The summed E-state index contributed by atoms with van der Waals surface area (Å²) in [6.07, 6.45) is 7.11. The zero-order valence-corrected chi connectivity index (χ0v) is 13.7. The molecule has 2 aromatic rings. The number of carbonyl (C=O) groups excluding carboxylic acids is 1. The van der Waals surface area contributed by atoms with Gasteiger partial charge in [0.1, 0.15) is 17.3 Å². The van der Waals surface area contributed by atoms with Crippen molar-refractivity contribution in [1.82, 2.24) is 14.9 Å². The average Bonchev–Trinajstić information content (AvgIpc) is 2.63. The van der Waals surface area contributed by atoms with Crippen molar-refractivity contribution in [2.75, 3.05) is 11.9 Å². The number of rotatable bonds is 4. The molecule has 5 nitrogen and oxygen atoms in total. The van der Waals surface area contributed by atoms with Crippen LogP contribution in [0.2, 0.25) is 0 Å². The molecule has 1 aromatic carbocycles. The molecule has 1 aromatic heterocycles. The molecule has 6 heteroatoms. The third kappa shape index (κ3) is 3.53. The van der Waals surface area contributed by atoms with E-state index in [0.717, 1.165) is 25.8 Å². The highest BCUT2D eigenvalue weighted by Crippen LogP contribution is 2.22. The van der Waals surface area contributed by atoms with E-state index in [1.807, 2.05) is 4.90 Å². The molecule has 0 radical (unpaired) electrons. The summed E-state index contributed by atoms with van der Waals surface area (Å²) in [4.78, 5) is 22.9. The molecule has 3 rings (SSSR count). The summed E-state index contributed by atoms with van der Waals surface area (Å²) in [5.41, 5.74) is 0.655. The Morgan fingerprint density at radius 1 is 1.29 bits per heavy atom. The number of anilines is 2. The van der Waals surface area contributed by atoms with Crippen LogP contribution in [0.15, 0.2) is 36.7 Å². The van der Waals surface area contributed by atoms with Crippen LogP contribution in [0.25, 0.3) is 0 Å². The van der Waals surface area contributed by atoms with Crippen LogP contribution in [0.1, 0.15) is 43.1 Å². The summed E-state index contributed by atoms with van der Waals surface area (Å²) < 4.78 is 13.6. The van der Waals surface area contributed by atoms with Gasteiger partial charge in [0.05, 0.1) is 18.1 Å². The summed E-state index contributed by atoms with van der Waals surface area (Å²) in [7, 11) is 0. The zero-order valence-electron chi connectivity index (χ0n) is 13.7. The van der Waals surface area contributed by atoms with E-state index in [0.29, 0.717) is 17.2 Å². The van der Waals surface area contributed by atoms with Crippen molar-refractivity contribution in [3.8, 4) is 0 Å². The Kier molecular flexibility index (Phi) is 5.03. The number of nitrogens with one attached hydrogen (secondary N) is 1. The number of piperidine rings is 1. The summed E-state index contributed by atoms with van der Waals surface area (Å²) in [5, 5.41) is 2.86. The number of amides is 1. The van der Waals surface area contributed by atoms with Gasteiger partial charge in [-0.15, -0.1) is 0 Å². The van der Waals surface area contributed by atoms with Crippen molar-refractivity contribution < 1.29 is 9.18 Å². The molecule has 1 aliphatic rings. The molecule has 126 valence electrons. The highest BCUT2D eigenvalue weighted by Gasteiger charge is 2.27. The molecule has 1 N–H and O–H groups in total. The van der Waals surface area contributed by atoms with Gasteiger partial charge in [-0.05, 0) is 37.8 Å². The van der Waals surface area contributed by atoms with Crippen LogP contribution >= 0.6 is 0 Å². The second kappa shape index (κ2) is 7.38. The number of likely N-dealkylation sites (tertiary alicyclic amines) is 1. The Bertz CT molecular complexity index is 704. The van der Waals surface area contributed by atoms with E-state index < -0.39 is 0 Å². The second-order valence-corrected chi connectivity index (χ2v) is 5.95. The third-order valence-electron chi connectivity index (χ3n) is 4.37. The van der Waals surface area contributed by atoms with Crippen LogP contribution in [0.5, 0.6) is 0 Å². The van der Waals surface area contributed by atoms with E-state index in [4.69, 9.17) is 0 Å². The van der Waals surface area contributed by atoms with E-state index in [2.05, 4.69) is 22.2 Å². The molecule has 0 spiro atoms. The van der Waals surface area contributed by atoms with Crippen LogP contribution in [-0.4, -0.2) is 33.4 Å². The number of hydrogen-bond acceptors (Lipinski definition) is 4. The Morgan fingerprint density at radius 2 is 2.12 bits per heavy atom. The van der Waals surface area contributed by atoms with Gasteiger partial charge in [-0.2, -0.15) is 0 Å². The zero-order chi connectivity index (χ0) is 16.9. The Hall–Kier alpha value is -2.50. The van der Waals surface area contributed by atoms with Crippen LogP contribution in [0.3, 0.4) is 0 Å². The number of aromatic nitrogens is 2. The molecule has 0 bridgehead atoms. The van der Waals surface area contributed by atoms with Crippen molar-refractivity contribution in [3.05, 3.63) is 48.2 Å². The van der Waals surface area contributed by atoms with Gasteiger partial charge < -0.3 is 10.2 Å². The summed E-state index contributed by atoms with van der Waals surface area (Å²) >= 11 is 0. The highest BCUT2D eigenvalue weighted by molar-refractivity contribution is 5.92. The molecule has 24 heavy (non-hydrogen) atoms. The van der Waals surface area contributed by atoms with E-state index in [-0.39, 0.29) is 17.8 Å². The van der Waals surface area contributed by atoms with Crippen LogP contribution in [-0.2, 0) is 0 Å². The largest absolute Gasteiger partial charge is 0.337 e. The first-order chi connectivity index (χ1) is 11.7. The first-order valence-electron chi connectivity index (χ1n) is 8.33. The SMILES string of the molecule is CCC1CCCCN1C(=O)c1cnc(Nc2ccccc2F)cn1. The third-order valence-corrected chi connectivity index (χ3v) is 4.37. The normalized spacial score (nSPS) is 17.6. The predicted molar refractivity (Wildman–Crippen MR) is 90.7 cm³/mol. The quantitative estimate of drug-likeness (QED) is 0.928. The minimum atomic E-state index is -0.362. The molecule has 0 saturated carbocycles. The van der Waals surface area contributed by atoms with Crippen LogP contribution in [0, 0.1) is 5.82 Å². The lowest BCUT2D eigenvalue weighted by molar-refractivity contribution is 0.0601. The fourth-order valence-electron chi connectivity index (χ4n) is 3.04. The van der Waals surface area contributed by atoms with E-state index in [9.17, 15) is 9.18 Å². The smallest absolute Gasteiger partial charge is 0.274 e. The molecule has 1 amide bonds. The van der Waals surface area contributed by atoms with Gasteiger partial charge in [-0.3, -0.25) is 4.79 Å². The molecule has 0 aliphatic carbocycles. The first kappa shape index (κ1) is 16.4. The highest BCUT2D eigenvalue weighted by atomic mass is 19.1. The molecule has 1 saturated heterocycles. The maximum Gasteiger partial charge on any atom is 0.274 e. The number of carbonyl (C=O) groups is 1. The maximum absolute atomic E-state index is 13.6. The number of halogens is 1. The Labute approximate surface area is 140 Å². The fraction of sp³-hybridized carbons (Fsp3) is 0.389. The Balaban J connectivity index is 1.72. The lowest BCUT2D eigenvalue weighted by Crippen LogP contribution is -2.43. The maximum atomic E-state index is 13.6. The average molecular weight is 328 g/mol. The van der Waals surface area contributed by atoms with Crippen molar-refractivity contribution in [2.24, 2.45) is 0 Å². The molecule has 1 atom stereocenters.